The molecule has 0 spiro atoms. The van der Waals surface area contributed by atoms with E-state index < -0.39 is 0 Å². The van der Waals surface area contributed by atoms with E-state index in [4.69, 9.17) is 4.74 Å². The van der Waals surface area contributed by atoms with E-state index in [0.29, 0.717) is 5.95 Å². The topological polar surface area (TPSA) is 70.2 Å². The third kappa shape index (κ3) is 4.14. The SMILES string of the molecule is O=c1cc(CCCN2CCOCC2)nc(N[C@@H]2CCc3ccccc32)[nH]1. The fraction of sp³-hybridized carbons (Fsp3) is 0.500. The fourth-order valence-electron chi connectivity index (χ4n) is 3.89. The van der Waals surface area contributed by atoms with E-state index in [1.165, 1.54) is 11.1 Å². The van der Waals surface area contributed by atoms with Crippen LogP contribution in [0.1, 0.15) is 35.7 Å². The number of morpholine rings is 1. The molecule has 0 radical (unpaired) electrons. The summed E-state index contributed by atoms with van der Waals surface area (Å²) in [6.45, 7) is 4.66. The number of fused-ring (bicyclic) bond motifs is 1. The minimum Gasteiger partial charge on any atom is -0.379 e. The van der Waals surface area contributed by atoms with Crippen molar-refractivity contribution in [3.8, 4) is 0 Å². The Morgan fingerprint density at radius 2 is 2.12 bits per heavy atom. The molecule has 0 saturated carbocycles. The zero-order valence-electron chi connectivity index (χ0n) is 15.0. The highest BCUT2D eigenvalue weighted by Gasteiger charge is 2.22. The number of aryl methyl sites for hydroxylation is 2. The first-order chi connectivity index (χ1) is 12.8. The number of aromatic nitrogens is 2. The van der Waals surface area contributed by atoms with E-state index in [2.05, 4.69) is 44.5 Å². The van der Waals surface area contributed by atoms with Gasteiger partial charge in [-0.3, -0.25) is 14.7 Å². The number of ether oxygens (including phenoxy) is 1. The van der Waals surface area contributed by atoms with Crippen molar-refractivity contribution in [3.05, 3.63) is 57.5 Å². The van der Waals surface area contributed by atoms with Crippen molar-refractivity contribution >= 4 is 5.95 Å². The van der Waals surface area contributed by atoms with Gasteiger partial charge in [0.05, 0.1) is 19.3 Å². The summed E-state index contributed by atoms with van der Waals surface area (Å²) in [4.78, 5) is 21.9. The third-order valence-corrected chi connectivity index (χ3v) is 5.25. The van der Waals surface area contributed by atoms with Gasteiger partial charge >= 0.3 is 0 Å². The molecule has 1 atom stereocenters. The zero-order valence-corrected chi connectivity index (χ0v) is 15.0. The average molecular weight is 354 g/mol. The van der Waals surface area contributed by atoms with Crippen molar-refractivity contribution < 1.29 is 4.74 Å². The molecule has 1 aromatic heterocycles. The maximum atomic E-state index is 12.0. The molecule has 1 saturated heterocycles. The van der Waals surface area contributed by atoms with Crippen LogP contribution in [-0.4, -0.2) is 47.7 Å². The Morgan fingerprint density at radius 1 is 1.27 bits per heavy atom. The maximum Gasteiger partial charge on any atom is 0.252 e. The van der Waals surface area contributed by atoms with E-state index in [0.717, 1.165) is 64.2 Å². The Kier molecular flexibility index (Phi) is 5.32. The van der Waals surface area contributed by atoms with Crippen LogP contribution in [0.25, 0.3) is 0 Å². The molecule has 0 bridgehead atoms. The number of anilines is 1. The molecule has 4 rings (SSSR count). The molecule has 1 aliphatic heterocycles. The molecule has 6 nitrogen and oxygen atoms in total. The lowest BCUT2D eigenvalue weighted by molar-refractivity contribution is 0.0374. The molecule has 2 aromatic rings. The van der Waals surface area contributed by atoms with Crippen LogP contribution in [0.4, 0.5) is 5.95 Å². The lowest BCUT2D eigenvalue weighted by Crippen LogP contribution is -2.37. The Balaban J connectivity index is 1.38. The normalized spacial score (nSPS) is 20.1. The van der Waals surface area contributed by atoms with Crippen LogP contribution in [0.5, 0.6) is 0 Å². The van der Waals surface area contributed by atoms with Crippen molar-refractivity contribution in [2.24, 2.45) is 0 Å². The molecule has 0 amide bonds. The number of aromatic amines is 1. The summed E-state index contributed by atoms with van der Waals surface area (Å²) in [6.07, 6.45) is 3.92. The smallest absolute Gasteiger partial charge is 0.252 e. The Hall–Kier alpha value is -2.18. The molecular formula is C20H26N4O2. The van der Waals surface area contributed by atoms with Crippen molar-refractivity contribution in [2.45, 2.75) is 31.7 Å². The Bertz CT molecular complexity index is 798. The molecule has 138 valence electrons. The van der Waals surface area contributed by atoms with Crippen LogP contribution in [0.2, 0.25) is 0 Å². The van der Waals surface area contributed by atoms with Gasteiger partial charge in [0.1, 0.15) is 0 Å². The predicted octanol–water partition coefficient (Wildman–Crippen LogP) is 2.13. The number of hydrogen-bond donors (Lipinski definition) is 2. The van der Waals surface area contributed by atoms with Gasteiger partial charge in [0, 0.05) is 24.8 Å². The Morgan fingerprint density at radius 3 is 3.00 bits per heavy atom. The summed E-state index contributed by atoms with van der Waals surface area (Å²) < 4.78 is 5.38. The molecule has 6 heteroatoms. The molecule has 2 aliphatic rings. The summed E-state index contributed by atoms with van der Waals surface area (Å²) in [5.41, 5.74) is 3.47. The highest BCUT2D eigenvalue weighted by atomic mass is 16.5. The van der Waals surface area contributed by atoms with Crippen molar-refractivity contribution in [1.82, 2.24) is 14.9 Å². The van der Waals surface area contributed by atoms with Crippen LogP contribution in [0, 0.1) is 0 Å². The van der Waals surface area contributed by atoms with Gasteiger partial charge in [0.2, 0.25) is 5.95 Å². The second-order valence-corrected chi connectivity index (χ2v) is 7.08. The van der Waals surface area contributed by atoms with E-state index in [1.807, 2.05) is 0 Å². The summed E-state index contributed by atoms with van der Waals surface area (Å²) >= 11 is 0. The first kappa shape index (κ1) is 17.2. The number of nitrogens with one attached hydrogen (secondary N) is 2. The predicted molar refractivity (Wildman–Crippen MR) is 102 cm³/mol. The maximum absolute atomic E-state index is 12.0. The van der Waals surface area contributed by atoms with Crippen LogP contribution in [0.15, 0.2) is 35.1 Å². The van der Waals surface area contributed by atoms with Gasteiger partial charge in [-0.2, -0.15) is 0 Å². The third-order valence-electron chi connectivity index (χ3n) is 5.25. The van der Waals surface area contributed by atoms with Crippen molar-refractivity contribution in [1.29, 1.82) is 0 Å². The number of hydrogen-bond acceptors (Lipinski definition) is 5. The van der Waals surface area contributed by atoms with Crippen LogP contribution >= 0.6 is 0 Å². The van der Waals surface area contributed by atoms with Gasteiger partial charge in [-0.15, -0.1) is 0 Å². The van der Waals surface area contributed by atoms with E-state index >= 15 is 0 Å². The van der Waals surface area contributed by atoms with E-state index in [-0.39, 0.29) is 11.6 Å². The first-order valence-electron chi connectivity index (χ1n) is 9.52. The monoisotopic (exact) mass is 354 g/mol. The molecular weight excluding hydrogens is 328 g/mol. The number of H-pyrrole nitrogens is 1. The van der Waals surface area contributed by atoms with Crippen LogP contribution < -0.4 is 10.9 Å². The van der Waals surface area contributed by atoms with Gasteiger partial charge in [0.15, 0.2) is 0 Å². The lowest BCUT2D eigenvalue weighted by atomic mass is 10.1. The van der Waals surface area contributed by atoms with Gasteiger partial charge in [-0.1, -0.05) is 24.3 Å². The second kappa shape index (κ2) is 8.01. The van der Waals surface area contributed by atoms with Crippen LogP contribution in [-0.2, 0) is 17.6 Å². The molecule has 1 aliphatic carbocycles. The van der Waals surface area contributed by atoms with Gasteiger partial charge < -0.3 is 10.1 Å². The number of rotatable bonds is 6. The van der Waals surface area contributed by atoms with Gasteiger partial charge in [0.25, 0.3) is 5.56 Å². The molecule has 2 heterocycles. The largest absolute Gasteiger partial charge is 0.379 e. The average Bonchev–Trinajstić information content (AvgIpc) is 3.05. The minimum absolute atomic E-state index is 0.0878. The Labute approximate surface area is 153 Å². The second-order valence-electron chi connectivity index (χ2n) is 7.08. The summed E-state index contributed by atoms with van der Waals surface area (Å²) in [7, 11) is 0. The molecule has 26 heavy (non-hydrogen) atoms. The lowest BCUT2D eigenvalue weighted by Gasteiger charge is -2.26. The van der Waals surface area contributed by atoms with Gasteiger partial charge in [-0.25, -0.2) is 4.98 Å². The van der Waals surface area contributed by atoms with Crippen LogP contribution in [0.3, 0.4) is 0 Å². The summed E-state index contributed by atoms with van der Waals surface area (Å²) in [5.74, 6) is 0.584. The standard InChI is InChI=1S/C20H26N4O2/c25-19-14-16(5-3-9-24-10-12-26-13-11-24)21-20(23-19)22-18-8-7-15-4-1-2-6-17(15)18/h1-2,4,6,14,18H,3,5,7-13H2,(H2,21,22,23,25)/t18-/m1/s1. The minimum atomic E-state index is -0.0878. The van der Waals surface area contributed by atoms with E-state index in [9.17, 15) is 4.79 Å². The van der Waals surface area contributed by atoms with Crippen molar-refractivity contribution in [3.63, 3.8) is 0 Å². The molecule has 2 N–H and O–H groups in total. The summed E-state index contributed by atoms with van der Waals surface area (Å²) in [6, 6.07) is 10.3. The molecule has 1 aromatic carbocycles. The zero-order chi connectivity index (χ0) is 17.8. The number of benzene rings is 1. The fourth-order valence-corrected chi connectivity index (χ4v) is 3.89. The van der Waals surface area contributed by atoms with E-state index in [1.54, 1.807) is 6.07 Å². The highest BCUT2D eigenvalue weighted by Crippen LogP contribution is 2.32. The first-order valence-corrected chi connectivity index (χ1v) is 9.52. The highest BCUT2D eigenvalue weighted by molar-refractivity contribution is 5.40. The van der Waals surface area contributed by atoms with Gasteiger partial charge in [-0.05, 0) is 43.4 Å². The molecule has 1 fully saturated rings. The molecule has 0 unspecified atom stereocenters. The van der Waals surface area contributed by atoms with Crippen molar-refractivity contribution in [2.75, 3.05) is 38.2 Å². The quantitative estimate of drug-likeness (QED) is 0.832. The number of nitrogens with zero attached hydrogens (tertiary/aromatic N) is 2. The summed E-state index contributed by atoms with van der Waals surface area (Å²) in [5, 5.41) is 3.42.